The fourth-order valence-corrected chi connectivity index (χ4v) is 1.43. The van der Waals surface area contributed by atoms with Gasteiger partial charge < -0.3 is 10.6 Å². The summed E-state index contributed by atoms with van der Waals surface area (Å²) in [6.45, 7) is 5.31. The second-order valence-electron chi connectivity index (χ2n) is 4.06. The molecule has 1 atom stereocenters. The minimum atomic E-state index is -4.60. The first-order valence-electron chi connectivity index (χ1n) is 6.00. The van der Waals surface area contributed by atoms with Crippen LogP contribution in [0.4, 0.5) is 18.0 Å². The van der Waals surface area contributed by atoms with Crippen LogP contribution < -0.4 is 10.6 Å². The summed E-state index contributed by atoms with van der Waals surface area (Å²) in [5.41, 5.74) is 0. The molecule has 0 fully saturated rings. The van der Waals surface area contributed by atoms with Crippen molar-refractivity contribution in [1.29, 1.82) is 0 Å². The SMILES string of the molecule is C=CCC(CC)NC(=O)NCc1nc(C(F)(F)F)n[nH]1. The van der Waals surface area contributed by atoms with E-state index in [0.717, 1.165) is 6.42 Å². The van der Waals surface area contributed by atoms with E-state index < -0.39 is 18.0 Å². The molecule has 1 rings (SSSR count). The van der Waals surface area contributed by atoms with E-state index in [9.17, 15) is 18.0 Å². The van der Waals surface area contributed by atoms with E-state index in [2.05, 4.69) is 32.4 Å². The lowest BCUT2D eigenvalue weighted by Crippen LogP contribution is -2.41. The fourth-order valence-electron chi connectivity index (χ4n) is 1.43. The van der Waals surface area contributed by atoms with Gasteiger partial charge >= 0.3 is 12.2 Å². The molecule has 0 spiro atoms. The molecule has 0 aliphatic heterocycles. The van der Waals surface area contributed by atoms with Crippen molar-refractivity contribution in [3.05, 3.63) is 24.3 Å². The summed E-state index contributed by atoms with van der Waals surface area (Å²) in [5.74, 6) is -1.32. The summed E-state index contributed by atoms with van der Waals surface area (Å²) in [6.07, 6.45) is -1.58. The molecule has 0 aliphatic carbocycles. The van der Waals surface area contributed by atoms with E-state index >= 15 is 0 Å². The Bertz CT molecular complexity index is 457. The van der Waals surface area contributed by atoms with Crippen LogP contribution in [0.15, 0.2) is 12.7 Å². The number of alkyl halides is 3. The van der Waals surface area contributed by atoms with E-state index in [0.29, 0.717) is 6.42 Å². The van der Waals surface area contributed by atoms with Crippen molar-refractivity contribution in [1.82, 2.24) is 25.8 Å². The summed E-state index contributed by atoms with van der Waals surface area (Å²) in [6, 6.07) is -0.545. The van der Waals surface area contributed by atoms with Crippen LogP contribution in [0, 0.1) is 0 Å². The van der Waals surface area contributed by atoms with Gasteiger partial charge in [-0.15, -0.1) is 11.7 Å². The number of amides is 2. The highest BCUT2D eigenvalue weighted by atomic mass is 19.4. The first-order chi connectivity index (χ1) is 9.36. The molecule has 1 heterocycles. The predicted molar refractivity (Wildman–Crippen MR) is 65.6 cm³/mol. The van der Waals surface area contributed by atoms with Crippen LogP contribution in [0.3, 0.4) is 0 Å². The van der Waals surface area contributed by atoms with Crippen LogP contribution in [0.1, 0.15) is 31.4 Å². The first kappa shape index (κ1) is 16.0. The number of aromatic amines is 1. The number of carbonyl (C=O) groups excluding carboxylic acids is 1. The Hall–Kier alpha value is -2.06. The maximum Gasteiger partial charge on any atom is 0.453 e. The summed E-state index contributed by atoms with van der Waals surface area (Å²) in [5, 5.41) is 10.2. The maximum atomic E-state index is 12.2. The monoisotopic (exact) mass is 291 g/mol. The average Bonchev–Trinajstić information content (AvgIpc) is 2.84. The van der Waals surface area contributed by atoms with Crippen molar-refractivity contribution in [2.75, 3.05) is 0 Å². The molecule has 112 valence electrons. The summed E-state index contributed by atoms with van der Waals surface area (Å²) in [4.78, 5) is 14.8. The normalized spacial score (nSPS) is 12.8. The third-order valence-electron chi connectivity index (χ3n) is 2.48. The van der Waals surface area contributed by atoms with Crippen LogP contribution in [0.2, 0.25) is 0 Å². The maximum absolute atomic E-state index is 12.2. The second-order valence-corrected chi connectivity index (χ2v) is 4.06. The Balaban J connectivity index is 2.45. The van der Waals surface area contributed by atoms with Crippen LogP contribution in [-0.2, 0) is 12.7 Å². The molecule has 0 bridgehead atoms. The van der Waals surface area contributed by atoms with E-state index in [1.165, 1.54) is 0 Å². The second kappa shape index (κ2) is 6.92. The minimum Gasteiger partial charge on any atom is -0.335 e. The summed E-state index contributed by atoms with van der Waals surface area (Å²) >= 11 is 0. The van der Waals surface area contributed by atoms with E-state index in [1.54, 1.807) is 6.08 Å². The largest absolute Gasteiger partial charge is 0.453 e. The van der Waals surface area contributed by atoms with Crippen molar-refractivity contribution in [2.24, 2.45) is 0 Å². The van der Waals surface area contributed by atoms with Crippen LogP contribution in [-0.4, -0.2) is 27.3 Å². The zero-order valence-electron chi connectivity index (χ0n) is 10.9. The van der Waals surface area contributed by atoms with Crippen molar-refractivity contribution >= 4 is 6.03 Å². The van der Waals surface area contributed by atoms with Gasteiger partial charge in [-0.2, -0.15) is 13.2 Å². The standard InChI is InChI=1S/C11H16F3N5O/c1-3-5-7(4-2)16-10(20)15-6-8-17-9(19-18-8)11(12,13)14/h3,7H,1,4-6H2,2H3,(H2,15,16,20)(H,17,18,19). The predicted octanol–water partition coefficient (Wildman–Crippen LogP) is 1.98. The Labute approximate surface area is 113 Å². The molecule has 0 radical (unpaired) electrons. The lowest BCUT2D eigenvalue weighted by molar-refractivity contribution is -0.144. The number of hydrogen-bond acceptors (Lipinski definition) is 3. The highest BCUT2D eigenvalue weighted by Gasteiger charge is 2.35. The van der Waals surface area contributed by atoms with E-state index in [4.69, 9.17) is 0 Å². The van der Waals surface area contributed by atoms with E-state index in [1.807, 2.05) is 6.92 Å². The molecule has 20 heavy (non-hydrogen) atoms. The van der Waals surface area contributed by atoms with Gasteiger partial charge in [0, 0.05) is 6.04 Å². The molecule has 2 amide bonds. The number of halogens is 3. The quantitative estimate of drug-likeness (QED) is 0.701. The number of nitrogens with one attached hydrogen (secondary N) is 3. The topological polar surface area (TPSA) is 82.7 Å². The number of hydrogen-bond donors (Lipinski definition) is 3. The number of carbonyl (C=O) groups is 1. The Morgan fingerprint density at radius 1 is 1.55 bits per heavy atom. The minimum absolute atomic E-state index is 0.0621. The number of urea groups is 1. The molecule has 1 aromatic heterocycles. The Kier molecular flexibility index (Phi) is 5.53. The van der Waals surface area contributed by atoms with Crippen molar-refractivity contribution < 1.29 is 18.0 Å². The van der Waals surface area contributed by atoms with Crippen molar-refractivity contribution in [3.63, 3.8) is 0 Å². The van der Waals surface area contributed by atoms with Crippen LogP contribution >= 0.6 is 0 Å². The van der Waals surface area contributed by atoms with Gasteiger partial charge in [0.25, 0.3) is 5.82 Å². The Morgan fingerprint density at radius 3 is 2.75 bits per heavy atom. The van der Waals surface area contributed by atoms with Gasteiger partial charge in [-0.05, 0) is 12.8 Å². The number of nitrogens with zero attached hydrogens (tertiary/aromatic N) is 2. The van der Waals surface area contributed by atoms with Gasteiger partial charge in [0.05, 0.1) is 6.54 Å². The van der Waals surface area contributed by atoms with Gasteiger partial charge in [0.15, 0.2) is 0 Å². The highest BCUT2D eigenvalue weighted by Crippen LogP contribution is 2.25. The van der Waals surface area contributed by atoms with Gasteiger partial charge in [0.2, 0.25) is 0 Å². The van der Waals surface area contributed by atoms with Crippen LogP contribution in [0.5, 0.6) is 0 Å². The molecule has 1 unspecified atom stereocenters. The van der Waals surface area contributed by atoms with Gasteiger partial charge in [-0.25, -0.2) is 9.78 Å². The summed E-state index contributed by atoms with van der Waals surface area (Å²) in [7, 11) is 0. The number of aromatic nitrogens is 3. The number of H-pyrrole nitrogens is 1. The molecular formula is C11H16F3N5O. The van der Waals surface area contributed by atoms with Crippen LogP contribution in [0.25, 0.3) is 0 Å². The average molecular weight is 291 g/mol. The number of rotatable bonds is 6. The third-order valence-corrected chi connectivity index (χ3v) is 2.48. The van der Waals surface area contributed by atoms with Gasteiger partial charge in [-0.3, -0.25) is 5.10 Å². The fraction of sp³-hybridized carbons (Fsp3) is 0.545. The van der Waals surface area contributed by atoms with Gasteiger partial charge in [0.1, 0.15) is 5.82 Å². The third kappa shape index (κ3) is 4.90. The molecule has 1 aromatic rings. The lowest BCUT2D eigenvalue weighted by Gasteiger charge is -2.15. The zero-order chi connectivity index (χ0) is 15.2. The van der Waals surface area contributed by atoms with Crippen molar-refractivity contribution in [3.8, 4) is 0 Å². The molecule has 0 aromatic carbocycles. The molecule has 9 heteroatoms. The summed E-state index contributed by atoms with van der Waals surface area (Å²) < 4.78 is 36.7. The van der Waals surface area contributed by atoms with E-state index in [-0.39, 0.29) is 18.4 Å². The molecule has 6 nitrogen and oxygen atoms in total. The van der Waals surface area contributed by atoms with Gasteiger partial charge in [-0.1, -0.05) is 13.0 Å². The lowest BCUT2D eigenvalue weighted by atomic mass is 10.1. The first-order valence-corrected chi connectivity index (χ1v) is 6.00. The zero-order valence-corrected chi connectivity index (χ0v) is 10.9. The molecular weight excluding hydrogens is 275 g/mol. The Morgan fingerprint density at radius 2 is 2.25 bits per heavy atom. The highest BCUT2D eigenvalue weighted by molar-refractivity contribution is 5.74. The molecule has 0 saturated carbocycles. The molecule has 0 saturated heterocycles. The smallest absolute Gasteiger partial charge is 0.335 e. The van der Waals surface area contributed by atoms with Crippen molar-refractivity contribution in [2.45, 2.75) is 38.5 Å². The molecule has 0 aliphatic rings. The molecule has 3 N–H and O–H groups in total.